The van der Waals surface area contributed by atoms with Gasteiger partial charge in [0, 0.05) is 23.6 Å². The number of benzene rings is 2. The molecule has 0 amide bonds. The largest absolute Gasteiger partial charge is 0.507 e. The van der Waals surface area contributed by atoms with Crippen LogP contribution in [0.3, 0.4) is 0 Å². The molecule has 0 saturated heterocycles. The van der Waals surface area contributed by atoms with Gasteiger partial charge in [0.2, 0.25) is 0 Å². The lowest BCUT2D eigenvalue weighted by molar-refractivity contribution is 0.0596. The Morgan fingerprint density at radius 2 is 1.58 bits per heavy atom. The van der Waals surface area contributed by atoms with Gasteiger partial charge in [0.1, 0.15) is 22.8 Å². The molecule has 0 bridgehead atoms. The van der Waals surface area contributed by atoms with Crippen molar-refractivity contribution >= 4 is 28.3 Å². The lowest BCUT2D eigenvalue weighted by Crippen LogP contribution is -2.18. The predicted octanol–water partition coefficient (Wildman–Crippen LogP) is 2.21. The minimum absolute atomic E-state index is 0.0167. The zero-order chi connectivity index (χ0) is 17.8. The van der Waals surface area contributed by atoms with E-state index >= 15 is 0 Å². The van der Waals surface area contributed by atoms with E-state index in [1.807, 2.05) is 0 Å². The van der Waals surface area contributed by atoms with E-state index < -0.39 is 34.8 Å². The molecule has 7 nitrogen and oxygen atoms in total. The molecular weight excluding hydrogens is 316 g/mol. The number of aryl methyl sites for hydroxylation is 1. The molecule has 0 spiro atoms. The molecule has 24 heavy (non-hydrogen) atoms. The number of ether oxygens (including phenoxy) is 1. The van der Waals surface area contributed by atoms with Gasteiger partial charge >= 0.3 is 5.97 Å². The maximum absolute atomic E-state index is 12.1. The topological polar surface area (TPSA) is 121 Å². The molecule has 124 valence electrons. The van der Waals surface area contributed by atoms with E-state index in [-0.39, 0.29) is 45.9 Å². The lowest BCUT2D eigenvalue weighted by atomic mass is 9.84. The van der Waals surface area contributed by atoms with Gasteiger partial charge in [0.25, 0.3) is 0 Å². The second-order valence-electron chi connectivity index (χ2n) is 5.60. The van der Waals surface area contributed by atoms with Crippen LogP contribution >= 0.6 is 0 Å². The molecule has 0 aliphatic heterocycles. The van der Waals surface area contributed by atoms with Gasteiger partial charge in [-0.05, 0) is 18.6 Å². The first-order chi connectivity index (χ1) is 11.3. The summed E-state index contributed by atoms with van der Waals surface area (Å²) in [5.74, 6) is -3.20. The van der Waals surface area contributed by atoms with Crippen LogP contribution in [0.4, 0.5) is 0 Å². The number of methoxy groups -OCH3 is 1. The zero-order valence-corrected chi connectivity index (χ0v) is 13.0. The van der Waals surface area contributed by atoms with E-state index in [1.165, 1.54) is 6.92 Å². The summed E-state index contributed by atoms with van der Waals surface area (Å²) in [5.41, 5.74) is -0.547. The highest BCUT2D eigenvalue weighted by atomic mass is 16.5. The van der Waals surface area contributed by atoms with Gasteiger partial charge in [-0.3, -0.25) is 9.59 Å². The van der Waals surface area contributed by atoms with E-state index in [1.54, 1.807) is 0 Å². The second-order valence-corrected chi connectivity index (χ2v) is 5.60. The number of ketones is 2. The Morgan fingerprint density at radius 3 is 2.12 bits per heavy atom. The number of hydrogen-bond donors (Lipinski definition) is 3. The van der Waals surface area contributed by atoms with Crippen LogP contribution in [0.5, 0.6) is 17.2 Å². The minimum Gasteiger partial charge on any atom is -0.507 e. The fourth-order valence-electron chi connectivity index (χ4n) is 3.17. The van der Waals surface area contributed by atoms with Gasteiger partial charge < -0.3 is 20.1 Å². The van der Waals surface area contributed by atoms with Gasteiger partial charge in [0.15, 0.2) is 11.6 Å². The molecular formula is C17H14O7. The van der Waals surface area contributed by atoms with Crippen molar-refractivity contribution in [2.75, 3.05) is 7.11 Å². The Kier molecular flexibility index (Phi) is 3.44. The van der Waals surface area contributed by atoms with Crippen molar-refractivity contribution in [3.63, 3.8) is 0 Å². The number of esters is 1. The standard InChI is InChI=1S/C17H14O7/c1-6-11-7(5-10(20)12(6)17(23)24-2)15(21)13-8(18)3-4-9(19)14(13)16(11)22/h5,20-22H,3-4H2,1-2H3. The molecule has 1 aliphatic carbocycles. The van der Waals surface area contributed by atoms with Gasteiger partial charge in [-0.25, -0.2) is 4.79 Å². The number of carbonyl (C=O) groups excluding carboxylic acids is 3. The highest BCUT2D eigenvalue weighted by molar-refractivity contribution is 6.22. The van der Waals surface area contributed by atoms with E-state index in [9.17, 15) is 29.7 Å². The monoisotopic (exact) mass is 330 g/mol. The lowest BCUT2D eigenvalue weighted by Gasteiger charge is -2.20. The maximum Gasteiger partial charge on any atom is 0.341 e. The number of aromatic hydroxyl groups is 3. The molecule has 2 aromatic carbocycles. The molecule has 0 aromatic heterocycles. The van der Waals surface area contributed by atoms with Crippen LogP contribution in [0.1, 0.15) is 49.5 Å². The molecule has 0 fully saturated rings. The molecule has 0 saturated carbocycles. The summed E-state index contributed by atoms with van der Waals surface area (Å²) in [6.45, 7) is 1.44. The average molecular weight is 330 g/mol. The van der Waals surface area contributed by atoms with Crippen molar-refractivity contribution in [1.29, 1.82) is 0 Å². The van der Waals surface area contributed by atoms with Crippen molar-refractivity contribution in [2.24, 2.45) is 0 Å². The van der Waals surface area contributed by atoms with Gasteiger partial charge in [-0.2, -0.15) is 0 Å². The molecule has 1 aliphatic rings. The molecule has 0 atom stereocenters. The van der Waals surface area contributed by atoms with Crippen LogP contribution in [0.15, 0.2) is 6.07 Å². The fraction of sp³-hybridized carbons (Fsp3) is 0.235. The molecule has 0 radical (unpaired) electrons. The summed E-state index contributed by atoms with van der Waals surface area (Å²) >= 11 is 0. The Morgan fingerprint density at radius 1 is 1.04 bits per heavy atom. The Bertz CT molecular complexity index is 940. The normalized spacial score (nSPS) is 13.9. The van der Waals surface area contributed by atoms with Crippen molar-refractivity contribution in [1.82, 2.24) is 0 Å². The van der Waals surface area contributed by atoms with E-state index in [0.29, 0.717) is 0 Å². The van der Waals surface area contributed by atoms with Gasteiger partial charge in [-0.1, -0.05) is 0 Å². The van der Waals surface area contributed by atoms with E-state index in [0.717, 1.165) is 13.2 Å². The van der Waals surface area contributed by atoms with Crippen molar-refractivity contribution in [3.05, 3.63) is 28.3 Å². The highest BCUT2D eigenvalue weighted by Gasteiger charge is 2.33. The Balaban J connectivity index is 2.53. The number of phenolic OH excluding ortho intramolecular Hbond substituents is 3. The second kappa shape index (κ2) is 5.23. The van der Waals surface area contributed by atoms with Crippen LogP contribution < -0.4 is 0 Å². The third kappa shape index (κ3) is 1.94. The molecule has 0 unspecified atom stereocenters. The summed E-state index contributed by atoms with van der Waals surface area (Å²) in [4.78, 5) is 36.1. The molecule has 7 heteroatoms. The van der Waals surface area contributed by atoms with Gasteiger partial charge in [-0.15, -0.1) is 0 Å². The van der Waals surface area contributed by atoms with Crippen molar-refractivity contribution in [3.8, 4) is 17.2 Å². The summed E-state index contributed by atoms with van der Waals surface area (Å²) in [7, 11) is 1.14. The number of phenols is 3. The number of rotatable bonds is 1. The van der Waals surface area contributed by atoms with Gasteiger partial charge in [0.05, 0.1) is 18.2 Å². The first-order valence-electron chi connectivity index (χ1n) is 7.18. The third-order valence-electron chi connectivity index (χ3n) is 4.30. The zero-order valence-electron chi connectivity index (χ0n) is 13.0. The summed E-state index contributed by atoms with van der Waals surface area (Å²) in [5, 5.41) is 31.1. The van der Waals surface area contributed by atoms with Crippen molar-refractivity contribution < 1.29 is 34.4 Å². The fourth-order valence-corrected chi connectivity index (χ4v) is 3.17. The van der Waals surface area contributed by atoms with E-state index in [2.05, 4.69) is 4.74 Å². The number of Topliss-reactive ketones (excluding diaryl/α,β-unsaturated/α-hetero) is 2. The number of fused-ring (bicyclic) bond motifs is 2. The quantitative estimate of drug-likeness (QED) is 0.541. The molecule has 2 aromatic rings. The van der Waals surface area contributed by atoms with Crippen LogP contribution in [-0.4, -0.2) is 40.0 Å². The molecule has 3 rings (SSSR count). The highest BCUT2D eigenvalue weighted by Crippen LogP contribution is 2.46. The van der Waals surface area contributed by atoms with Crippen LogP contribution in [0, 0.1) is 6.92 Å². The smallest absolute Gasteiger partial charge is 0.341 e. The SMILES string of the molecule is COC(=O)c1c(O)cc2c(O)c3c(c(O)c2c1C)C(=O)CCC3=O. The summed E-state index contributed by atoms with van der Waals surface area (Å²) < 4.78 is 4.60. The number of carbonyl (C=O) groups is 3. The summed E-state index contributed by atoms with van der Waals surface area (Å²) in [6.07, 6.45) is -0.124. The van der Waals surface area contributed by atoms with Crippen LogP contribution in [0.25, 0.3) is 10.8 Å². The molecule has 3 N–H and O–H groups in total. The Labute approximate surface area is 136 Å². The minimum atomic E-state index is -0.828. The van der Waals surface area contributed by atoms with Crippen LogP contribution in [-0.2, 0) is 4.74 Å². The Hall–Kier alpha value is -3.09. The maximum atomic E-state index is 12.1. The van der Waals surface area contributed by atoms with Crippen molar-refractivity contribution in [2.45, 2.75) is 19.8 Å². The first-order valence-corrected chi connectivity index (χ1v) is 7.18. The average Bonchev–Trinajstić information content (AvgIpc) is 2.53. The summed E-state index contributed by atoms with van der Waals surface area (Å²) in [6, 6.07) is 1.07. The first kappa shape index (κ1) is 15.8. The van der Waals surface area contributed by atoms with E-state index in [4.69, 9.17) is 0 Å². The molecule has 0 heterocycles. The van der Waals surface area contributed by atoms with Crippen LogP contribution in [0.2, 0.25) is 0 Å². The third-order valence-corrected chi connectivity index (χ3v) is 4.30. The number of hydrogen-bond acceptors (Lipinski definition) is 7. The predicted molar refractivity (Wildman–Crippen MR) is 82.9 cm³/mol.